The summed E-state index contributed by atoms with van der Waals surface area (Å²) in [4.78, 5) is 1.41. The number of aliphatic hydroxyl groups is 1. The SMILES string of the molecule is OCC(Cc1ccccc1)NCC1CSc2ccccc21. The van der Waals surface area contributed by atoms with Crippen LogP contribution in [0, 0.1) is 0 Å². The highest BCUT2D eigenvalue weighted by Crippen LogP contribution is 2.38. The van der Waals surface area contributed by atoms with E-state index in [1.165, 1.54) is 16.0 Å². The molecule has 2 unspecified atom stereocenters. The van der Waals surface area contributed by atoms with E-state index in [9.17, 15) is 5.11 Å². The fourth-order valence-corrected chi connectivity index (χ4v) is 4.06. The summed E-state index contributed by atoms with van der Waals surface area (Å²) in [5.41, 5.74) is 2.72. The third-order valence-electron chi connectivity index (χ3n) is 4.00. The van der Waals surface area contributed by atoms with Crippen LogP contribution >= 0.6 is 11.8 Å². The molecule has 2 nitrogen and oxygen atoms in total. The normalized spacial score (nSPS) is 18.4. The number of nitrogens with one attached hydrogen (secondary N) is 1. The molecule has 0 aromatic heterocycles. The predicted molar refractivity (Wildman–Crippen MR) is 88.9 cm³/mol. The second kappa shape index (κ2) is 7.12. The van der Waals surface area contributed by atoms with Gasteiger partial charge < -0.3 is 10.4 Å². The minimum atomic E-state index is 0.130. The van der Waals surface area contributed by atoms with E-state index in [0.29, 0.717) is 5.92 Å². The summed E-state index contributed by atoms with van der Waals surface area (Å²) in [5, 5.41) is 13.1. The van der Waals surface area contributed by atoms with Crippen LogP contribution in [0.4, 0.5) is 0 Å². The van der Waals surface area contributed by atoms with Crippen LogP contribution in [0.25, 0.3) is 0 Å². The van der Waals surface area contributed by atoms with Gasteiger partial charge in [0, 0.05) is 29.2 Å². The zero-order valence-electron chi connectivity index (χ0n) is 12.0. The van der Waals surface area contributed by atoms with Crippen molar-refractivity contribution in [1.29, 1.82) is 0 Å². The second-order valence-corrected chi connectivity index (χ2v) is 6.59. The van der Waals surface area contributed by atoms with Crippen molar-refractivity contribution in [1.82, 2.24) is 5.32 Å². The number of hydrogen-bond donors (Lipinski definition) is 2. The van der Waals surface area contributed by atoms with Gasteiger partial charge in [0.25, 0.3) is 0 Å². The van der Waals surface area contributed by atoms with E-state index in [0.717, 1.165) is 18.7 Å². The Morgan fingerprint density at radius 3 is 2.67 bits per heavy atom. The lowest BCUT2D eigenvalue weighted by Crippen LogP contribution is -2.37. The molecule has 2 atom stereocenters. The van der Waals surface area contributed by atoms with E-state index < -0.39 is 0 Å². The monoisotopic (exact) mass is 299 g/mol. The molecule has 1 aliphatic rings. The molecule has 2 aromatic rings. The Labute approximate surface area is 130 Å². The van der Waals surface area contributed by atoms with Gasteiger partial charge in [-0.1, -0.05) is 48.5 Å². The van der Waals surface area contributed by atoms with Gasteiger partial charge in [-0.2, -0.15) is 0 Å². The van der Waals surface area contributed by atoms with Crippen LogP contribution in [0.5, 0.6) is 0 Å². The summed E-state index contributed by atoms with van der Waals surface area (Å²) in [7, 11) is 0. The van der Waals surface area contributed by atoms with Crippen LogP contribution in [0.2, 0.25) is 0 Å². The quantitative estimate of drug-likeness (QED) is 0.860. The fourth-order valence-electron chi connectivity index (χ4n) is 2.81. The third-order valence-corrected chi connectivity index (χ3v) is 5.25. The fraction of sp³-hybridized carbons (Fsp3) is 0.333. The summed E-state index contributed by atoms with van der Waals surface area (Å²) >= 11 is 1.94. The van der Waals surface area contributed by atoms with Crippen LogP contribution in [0.15, 0.2) is 59.5 Å². The molecule has 2 aromatic carbocycles. The first-order valence-electron chi connectivity index (χ1n) is 7.46. The topological polar surface area (TPSA) is 32.3 Å². The largest absolute Gasteiger partial charge is 0.395 e. The summed E-state index contributed by atoms with van der Waals surface area (Å²) in [6.07, 6.45) is 0.874. The summed E-state index contributed by atoms with van der Waals surface area (Å²) < 4.78 is 0. The van der Waals surface area contributed by atoms with E-state index in [-0.39, 0.29) is 12.6 Å². The standard InChI is InChI=1S/C18H21NOS/c20-12-16(10-14-6-2-1-3-7-14)19-11-15-13-21-18-9-5-4-8-17(15)18/h1-9,15-16,19-20H,10-13H2. The minimum Gasteiger partial charge on any atom is -0.395 e. The maximum absolute atomic E-state index is 9.59. The molecule has 1 heterocycles. The number of benzene rings is 2. The van der Waals surface area contributed by atoms with Gasteiger partial charge in [0.05, 0.1) is 6.61 Å². The van der Waals surface area contributed by atoms with E-state index in [1.807, 2.05) is 30.0 Å². The highest BCUT2D eigenvalue weighted by Gasteiger charge is 2.23. The van der Waals surface area contributed by atoms with Crippen molar-refractivity contribution in [3.05, 3.63) is 65.7 Å². The summed E-state index contributed by atoms with van der Waals surface area (Å²) in [6.45, 7) is 1.11. The Bertz CT molecular complexity index is 572. The first-order valence-corrected chi connectivity index (χ1v) is 8.45. The Balaban J connectivity index is 1.57. The molecular formula is C18H21NOS. The second-order valence-electron chi connectivity index (χ2n) is 5.52. The van der Waals surface area contributed by atoms with Gasteiger partial charge in [-0.3, -0.25) is 0 Å². The van der Waals surface area contributed by atoms with Crippen molar-refractivity contribution in [2.24, 2.45) is 0 Å². The molecule has 2 N–H and O–H groups in total. The van der Waals surface area contributed by atoms with Gasteiger partial charge in [-0.15, -0.1) is 11.8 Å². The van der Waals surface area contributed by atoms with Gasteiger partial charge in [0.1, 0.15) is 0 Å². The summed E-state index contributed by atoms with van der Waals surface area (Å²) in [6, 6.07) is 19.1. The van der Waals surface area contributed by atoms with Gasteiger partial charge in [-0.05, 0) is 23.6 Å². The first-order chi connectivity index (χ1) is 10.4. The number of fused-ring (bicyclic) bond motifs is 1. The molecule has 0 radical (unpaired) electrons. The average Bonchev–Trinajstić information content (AvgIpc) is 2.96. The smallest absolute Gasteiger partial charge is 0.0587 e. The molecule has 1 aliphatic heterocycles. The zero-order valence-corrected chi connectivity index (χ0v) is 12.9. The molecule has 0 saturated carbocycles. The molecule has 0 saturated heterocycles. The molecule has 0 aliphatic carbocycles. The Morgan fingerprint density at radius 2 is 1.86 bits per heavy atom. The van der Waals surface area contributed by atoms with E-state index >= 15 is 0 Å². The van der Waals surface area contributed by atoms with Gasteiger partial charge >= 0.3 is 0 Å². The van der Waals surface area contributed by atoms with Gasteiger partial charge in [0.15, 0.2) is 0 Å². The lowest BCUT2D eigenvalue weighted by atomic mass is 10.00. The molecule has 3 rings (SSSR count). The van der Waals surface area contributed by atoms with Gasteiger partial charge in [0.2, 0.25) is 0 Å². The van der Waals surface area contributed by atoms with Crippen molar-refractivity contribution < 1.29 is 5.11 Å². The molecule has 110 valence electrons. The predicted octanol–water partition coefficient (Wildman–Crippen LogP) is 3.07. The number of rotatable bonds is 6. The molecule has 21 heavy (non-hydrogen) atoms. The van der Waals surface area contributed by atoms with Crippen LogP contribution in [0.1, 0.15) is 17.0 Å². The minimum absolute atomic E-state index is 0.130. The van der Waals surface area contributed by atoms with E-state index in [4.69, 9.17) is 0 Å². The number of thioether (sulfide) groups is 1. The molecule has 0 fully saturated rings. The van der Waals surface area contributed by atoms with Crippen LogP contribution in [-0.2, 0) is 6.42 Å². The highest BCUT2D eigenvalue weighted by molar-refractivity contribution is 7.99. The maximum atomic E-state index is 9.59. The van der Waals surface area contributed by atoms with Crippen molar-refractivity contribution in [3.63, 3.8) is 0 Å². The lowest BCUT2D eigenvalue weighted by Gasteiger charge is -2.19. The van der Waals surface area contributed by atoms with Crippen LogP contribution in [0.3, 0.4) is 0 Å². The molecule has 0 bridgehead atoms. The Morgan fingerprint density at radius 1 is 1.10 bits per heavy atom. The van der Waals surface area contributed by atoms with E-state index in [2.05, 4.69) is 41.7 Å². The van der Waals surface area contributed by atoms with Crippen molar-refractivity contribution in [3.8, 4) is 0 Å². The molecular weight excluding hydrogens is 278 g/mol. The van der Waals surface area contributed by atoms with Crippen molar-refractivity contribution >= 4 is 11.8 Å². The number of hydrogen-bond acceptors (Lipinski definition) is 3. The number of aliphatic hydroxyl groups excluding tert-OH is 1. The Kier molecular flexibility index (Phi) is 4.96. The Hall–Kier alpha value is -1.29. The third kappa shape index (κ3) is 3.67. The van der Waals surface area contributed by atoms with Crippen molar-refractivity contribution in [2.75, 3.05) is 18.9 Å². The van der Waals surface area contributed by atoms with E-state index in [1.54, 1.807) is 0 Å². The maximum Gasteiger partial charge on any atom is 0.0587 e. The zero-order chi connectivity index (χ0) is 14.5. The lowest BCUT2D eigenvalue weighted by molar-refractivity contribution is 0.240. The average molecular weight is 299 g/mol. The summed E-state index contributed by atoms with van der Waals surface area (Å²) in [5.74, 6) is 1.69. The molecule has 0 spiro atoms. The van der Waals surface area contributed by atoms with Crippen molar-refractivity contribution in [2.45, 2.75) is 23.3 Å². The first kappa shape index (κ1) is 14.6. The van der Waals surface area contributed by atoms with Crippen LogP contribution in [-0.4, -0.2) is 30.1 Å². The highest BCUT2D eigenvalue weighted by atomic mass is 32.2. The van der Waals surface area contributed by atoms with Crippen LogP contribution < -0.4 is 5.32 Å². The molecule has 3 heteroatoms. The molecule has 0 amide bonds. The van der Waals surface area contributed by atoms with Gasteiger partial charge in [-0.25, -0.2) is 0 Å².